The highest BCUT2D eigenvalue weighted by atomic mass is 19.1. The quantitative estimate of drug-likeness (QED) is 0.558. The normalized spacial score (nSPS) is 14.0. The SMILES string of the molecule is C=CNC(=NCc1c(F)ccc2c1CCO2)N(C)C=NC(C)(C)n1ncnc1CC. The molecule has 0 fully saturated rings. The van der Waals surface area contributed by atoms with E-state index in [9.17, 15) is 4.39 Å². The lowest BCUT2D eigenvalue weighted by molar-refractivity contribution is 0.323. The molecule has 1 aromatic carbocycles. The lowest BCUT2D eigenvalue weighted by atomic mass is 10.0. The number of aromatic nitrogens is 3. The van der Waals surface area contributed by atoms with Crippen molar-refractivity contribution in [3.8, 4) is 5.75 Å². The van der Waals surface area contributed by atoms with Gasteiger partial charge in [-0.15, -0.1) is 0 Å². The molecular formula is C21H28FN7O. The Morgan fingerprint density at radius 3 is 3.00 bits per heavy atom. The van der Waals surface area contributed by atoms with Gasteiger partial charge in [0.05, 0.1) is 19.5 Å². The van der Waals surface area contributed by atoms with Crippen molar-refractivity contribution in [1.82, 2.24) is 25.0 Å². The Kier molecular flexibility index (Phi) is 6.49. The van der Waals surface area contributed by atoms with Crippen LogP contribution in [0.3, 0.4) is 0 Å². The lowest BCUT2D eigenvalue weighted by Crippen LogP contribution is -2.37. The van der Waals surface area contributed by atoms with Gasteiger partial charge in [-0.1, -0.05) is 13.5 Å². The van der Waals surface area contributed by atoms with Crippen LogP contribution in [0.5, 0.6) is 5.75 Å². The third kappa shape index (κ3) is 4.50. The molecule has 1 aliphatic heterocycles. The molecule has 0 atom stereocenters. The highest BCUT2D eigenvalue weighted by Gasteiger charge is 2.23. The monoisotopic (exact) mass is 413 g/mol. The minimum atomic E-state index is -0.626. The number of nitrogens with zero attached hydrogens (tertiary/aromatic N) is 6. The molecule has 1 aromatic heterocycles. The Hall–Kier alpha value is -3.23. The molecule has 8 nitrogen and oxygen atoms in total. The van der Waals surface area contributed by atoms with E-state index in [0.717, 1.165) is 23.6 Å². The standard InChI is InChI=1S/C21H28FN7O/c1-6-19-25-13-27-29(19)21(3,4)26-14-28(5)20(23-7-2)24-12-16-15-10-11-30-18(15)9-8-17(16)22/h7-9,13-14H,2,6,10-12H2,1,3-5H3,(H,23,24). The zero-order valence-electron chi connectivity index (χ0n) is 17.9. The highest BCUT2D eigenvalue weighted by Crippen LogP contribution is 2.30. The summed E-state index contributed by atoms with van der Waals surface area (Å²) in [4.78, 5) is 15.2. The predicted molar refractivity (Wildman–Crippen MR) is 115 cm³/mol. The van der Waals surface area contributed by atoms with Crippen molar-refractivity contribution in [2.45, 2.75) is 45.8 Å². The first-order chi connectivity index (χ1) is 14.4. The van der Waals surface area contributed by atoms with E-state index in [1.54, 1.807) is 22.0 Å². The zero-order valence-corrected chi connectivity index (χ0v) is 17.9. The molecule has 0 aliphatic carbocycles. The van der Waals surface area contributed by atoms with Crippen LogP contribution in [0.4, 0.5) is 4.39 Å². The van der Waals surface area contributed by atoms with Gasteiger partial charge in [-0.25, -0.2) is 24.0 Å². The number of aryl methyl sites for hydroxylation is 1. The van der Waals surface area contributed by atoms with Crippen LogP contribution >= 0.6 is 0 Å². The summed E-state index contributed by atoms with van der Waals surface area (Å²) in [5, 5.41) is 7.29. The Bertz CT molecular complexity index is 964. The fourth-order valence-electron chi connectivity index (χ4n) is 3.29. The van der Waals surface area contributed by atoms with E-state index in [-0.39, 0.29) is 12.4 Å². The Balaban J connectivity index is 1.80. The molecule has 2 heterocycles. The number of guanidine groups is 1. The smallest absolute Gasteiger partial charge is 0.203 e. The van der Waals surface area contributed by atoms with Crippen LogP contribution in [-0.4, -0.2) is 45.6 Å². The summed E-state index contributed by atoms with van der Waals surface area (Å²) in [5.41, 5.74) is 0.806. The third-order valence-corrected chi connectivity index (χ3v) is 4.89. The fourth-order valence-corrected chi connectivity index (χ4v) is 3.29. The fraction of sp³-hybridized carbons (Fsp3) is 0.429. The van der Waals surface area contributed by atoms with Crippen molar-refractivity contribution >= 4 is 12.3 Å². The maximum Gasteiger partial charge on any atom is 0.203 e. The van der Waals surface area contributed by atoms with Gasteiger partial charge in [-0.2, -0.15) is 5.10 Å². The van der Waals surface area contributed by atoms with Crippen LogP contribution in [0.25, 0.3) is 0 Å². The van der Waals surface area contributed by atoms with Crippen molar-refractivity contribution in [2.75, 3.05) is 13.7 Å². The van der Waals surface area contributed by atoms with Crippen molar-refractivity contribution in [2.24, 2.45) is 9.98 Å². The van der Waals surface area contributed by atoms with Crippen molar-refractivity contribution < 1.29 is 9.13 Å². The zero-order chi connectivity index (χ0) is 21.7. The number of fused-ring (bicyclic) bond motifs is 1. The van der Waals surface area contributed by atoms with E-state index < -0.39 is 5.66 Å². The molecule has 0 bridgehead atoms. The summed E-state index contributed by atoms with van der Waals surface area (Å²) in [6.45, 7) is 10.4. The molecule has 1 N–H and O–H groups in total. The van der Waals surface area contributed by atoms with Crippen molar-refractivity contribution in [1.29, 1.82) is 0 Å². The maximum absolute atomic E-state index is 14.4. The Morgan fingerprint density at radius 2 is 2.27 bits per heavy atom. The first kappa shape index (κ1) is 21.5. The number of rotatable bonds is 7. The summed E-state index contributed by atoms with van der Waals surface area (Å²) in [5.74, 6) is 1.80. The van der Waals surface area contributed by atoms with E-state index in [2.05, 4.69) is 32.0 Å². The number of hydrogen-bond acceptors (Lipinski definition) is 5. The van der Waals surface area contributed by atoms with Crippen LogP contribution in [0.2, 0.25) is 0 Å². The van der Waals surface area contributed by atoms with Gasteiger partial charge in [0, 0.05) is 31.0 Å². The molecule has 0 saturated heterocycles. The second kappa shape index (κ2) is 9.06. The molecule has 0 radical (unpaired) electrons. The van der Waals surface area contributed by atoms with Gasteiger partial charge < -0.3 is 15.0 Å². The molecule has 160 valence electrons. The largest absolute Gasteiger partial charge is 0.493 e. The lowest BCUT2D eigenvalue weighted by Gasteiger charge is -2.24. The first-order valence-corrected chi connectivity index (χ1v) is 9.90. The molecule has 0 unspecified atom stereocenters. The van der Waals surface area contributed by atoms with E-state index in [0.29, 0.717) is 24.6 Å². The van der Waals surface area contributed by atoms with Gasteiger partial charge >= 0.3 is 0 Å². The molecule has 0 saturated carbocycles. The van der Waals surface area contributed by atoms with Crippen LogP contribution in [0, 0.1) is 5.82 Å². The van der Waals surface area contributed by atoms with Gasteiger partial charge in [-0.05, 0) is 32.2 Å². The van der Waals surface area contributed by atoms with E-state index in [1.165, 1.54) is 18.6 Å². The molecule has 2 aromatic rings. The second-order valence-corrected chi connectivity index (χ2v) is 7.38. The van der Waals surface area contributed by atoms with E-state index >= 15 is 0 Å². The van der Waals surface area contributed by atoms with E-state index in [4.69, 9.17) is 4.74 Å². The molecular weight excluding hydrogens is 385 g/mol. The summed E-state index contributed by atoms with van der Waals surface area (Å²) in [7, 11) is 1.81. The summed E-state index contributed by atoms with van der Waals surface area (Å²) >= 11 is 0. The molecule has 1 aliphatic rings. The number of ether oxygens (including phenoxy) is 1. The first-order valence-electron chi connectivity index (χ1n) is 9.90. The predicted octanol–water partition coefficient (Wildman–Crippen LogP) is 2.86. The van der Waals surface area contributed by atoms with Gasteiger partial charge in [0.2, 0.25) is 5.96 Å². The number of benzene rings is 1. The highest BCUT2D eigenvalue weighted by molar-refractivity contribution is 5.90. The van der Waals surface area contributed by atoms with Gasteiger partial charge in [0.1, 0.15) is 29.4 Å². The van der Waals surface area contributed by atoms with Gasteiger partial charge in [-0.3, -0.25) is 0 Å². The number of halogens is 1. The topological polar surface area (TPSA) is 79.9 Å². The average Bonchev–Trinajstić information content (AvgIpc) is 3.39. The Morgan fingerprint density at radius 1 is 1.47 bits per heavy atom. The number of nitrogens with one attached hydrogen (secondary N) is 1. The summed E-state index contributed by atoms with van der Waals surface area (Å²) in [6.07, 6.45) is 6.16. The maximum atomic E-state index is 14.4. The van der Waals surface area contributed by atoms with Crippen LogP contribution in [-0.2, 0) is 25.0 Å². The van der Waals surface area contributed by atoms with Crippen molar-refractivity contribution in [3.05, 3.63) is 54.0 Å². The minimum Gasteiger partial charge on any atom is -0.493 e. The van der Waals surface area contributed by atoms with Crippen LogP contribution < -0.4 is 10.1 Å². The number of hydrogen-bond donors (Lipinski definition) is 1. The van der Waals surface area contributed by atoms with Crippen molar-refractivity contribution in [3.63, 3.8) is 0 Å². The van der Waals surface area contributed by atoms with Crippen LogP contribution in [0.15, 0.2) is 41.2 Å². The summed E-state index contributed by atoms with van der Waals surface area (Å²) in [6, 6.07) is 3.09. The number of aliphatic imine (C=N–C) groups is 2. The molecule has 3 rings (SSSR count). The molecule has 9 heteroatoms. The summed E-state index contributed by atoms with van der Waals surface area (Å²) < 4.78 is 21.7. The third-order valence-electron chi connectivity index (χ3n) is 4.89. The van der Waals surface area contributed by atoms with Gasteiger partial charge in [0.25, 0.3) is 0 Å². The van der Waals surface area contributed by atoms with Crippen LogP contribution in [0.1, 0.15) is 37.7 Å². The Labute approximate surface area is 176 Å². The van der Waals surface area contributed by atoms with Gasteiger partial charge in [0.15, 0.2) is 0 Å². The van der Waals surface area contributed by atoms with E-state index in [1.807, 2.05) is 27.8 Å². The molecule has 30 heavy (non-hydrogen) atoms. The minimum absolute atomic E-state index is 0.180. The average molecular weight is 414 g/mol. The second-order valence-electron chi connectivity index (χ2n) is 7.38. The molecule has 0 spiro atoms. The molecule has 0 amide bonds.